The predicted molar refractivity (Wildman–Crippen MR) is 136 cm³/mol. The molecular formula is C23H34N4O5S2. The van der Waals surface area contributed by atoms with Gasteiger partial charge in [0.05, 0.1) is 6.04 Å². The number of fused-ring (bicyclic) bond motifs is 1. The van der Waals surface area contributed by atoms with Gasteiger partial charge in [-0.2, -0.15) is 24.4 Å². The van der Waals surface area contributed by atoms with Crippen molar-refractivity contribution >= 4 is 48.1 Å². The maximum absolute atomic E-state index is 13.7. The Kier molecular flexibility index (Phi) is 10.7. The molecule has 9 nitrogen and oxygen atoms in total. The van der Waals surface area contributed by atoms with Crippen LogP contribution in [0.3, 0.4) is 0 Å². The van der Waals surface area contributed by atoms with Gasteiger partial charge < -0.3 is 26.4 Å². The van der Waals surface area contributed by atoms with Crippen LogP contribution in [0.15, 0.2) is 24.3 Å². The Hall–Kier alpha value is -2.24. The van der Waals surface area contributed by atoms with Crippen LogP contribution in [0, 0.1) is 5.92 Å². The van der Waals surface area contributed by atoms with E-state index in [-0.39, 0.29) is 31.1 Å². The SMILES string of the molecule is CSCC[C@H](NC(=O)[C@H]1Cc2ccccc2CN1C(=O)[C@@H](NC(=O)[C@@H](N)CS)C(C)C)C(=O)O. The summed E-state index contributed by atoms with van der Waals surface area (Å²) in [7, 11) is 0. The van der Waals surface area contributed by atoms with E-state index < -0.39 is 47.9 Å². The van der Waals surface area contributed by atoms with Gasteiger partial charge in [-0.15, -0.1) is 0 Å². The van der Waals surface area contributed by atoms with Crippen LogP contribution in [-0.2, 0) is 32.1 Å². The maximum atomic E-state index is 13.7. The number of thiol groups is 1. The first-order valence-electron chi connectivity index (χ1n) is 11.2. The first-order valence-corrected chi connectivity index (χ1v) is 13.2. The number of hydrogen-bond donors (Lipinski definition) is 5. The highest BCUT2D eigenvalue weighted by molar-refractivity contribution is 7.98. The fraction of sp³-hybridized carbons (Fsp3) is 0.565. The number of carbonyl (C=O) groups is 4. The minimum Gasteiger partial charge on any atom is -0.480 e. The van der Waals surface area contributed by atoms with Crippen LogP contribution in [0.2, 0.25) is 0 Å². The Balaban J connectivity index is 2.34. The molecule has 1 aromatic carbocycles. The summed E-state index contributed by atoms with van der Waals surface area (Å²) in [6, 6.07) is 3.78. The van der Waals surface area contributed by atoms with Crippen molar-refractivity contribution < 1.29 is 24.3 Å². The number of carbonyl (C=O) groups excluding carboxylic acids is 3. The molecule has 0 fully saturated rings. The zero-order valence-corrected chi connectivity index (χ0v) is 21.4. The second kappa shape index (κ2) is 13.0. The molecule has 4 atom stereocenters. The minimum atomic E-state index is -1.12. The van der Waals surface area contributed by atoms with Crippen LogP contribution in [0.4, 0.5) is 0 Å². The van der Waals surface area contributed by atoms with Gasteiger partial charge in [0, 0.05) is 18.7 Å². The third-order valence-corrected chi connectivity index (χ3v) is 6.86. The van der Waals surface area contributed by atoms with Gasteiger partial charge in [-0.25, -0.2) is 4.79 Å². The molecule has 3 amide bonds. The van der Waals surface area contributed by atoms with Crippen molar-refractivity contribution in [2.75, 3.05) is 17.8 Å². The van der Waals surface area contributed by atoms with Gasteiger partial charge in [0.25, 0.3) is 0 Å². The number of benzene rings is 1. The molecule has 0 spiro atoms. The molecule has 1 aliphatic heterocycles. The molecule has 0 unspecified atom stereocenters. The molecule has 2 rings (SSSR count). The van der Waals surface area contributed by atoms with Crippen LogP contribution in [0.25, 0.3) is 0 Å². The normalized spacial score (nSPS) is 17.9. The molecule has 1 aliphatic rings. The molecule has 0 aliphatic carbocycles. The molecule has 11 heteroatoms. The third-order valence-electron chi connectivity index (χ3n) is 5.82. The van der Waals surface area contributed by atoms with Crippen molar-refractivity contribution in [2.24, 2.45) is 11.7 Å². The summed E-state index contributed by atoms with van der Waals surface area (Å²) in [5.41, 5.74) is 7.59. The second-order valence-electron chi connectivity index (χ2n) is 8.66. The molecule has 0 aromatic heterocycles. The largest absolute Gasteiger partial charge is 0.480 e. The van der Waals surface area contributed by atoms with Crippen molar-refractivity contribution in [1.82, 2.24) is 15.5 Å². The van der Waals surface area contributed by atoms with E-state index in [2.05, 4.69) is 23.3 Å². The average molecular weight is 511 g/mol. The van der Waals surface area contributed by atoms with E-state index in [9.17, 15) is 24.3 Å². The Bertz CT molecular complexity index is 898. The van der Waals surface area contributed by atoms with Crippen LogP contribution < -0.4 is 16.4 Å². The zero-order chi connectivity index (χ0) is 25.4. The fourth-order valence-corrected chi connectivity index (χ4v) is 4.42. The topological polar surface area (TPSA) is 142 Å². The molecule has 0 radical (unpaired) electrons. The van der Waals surface area contributed by atoms with Gasteiger partial charge >= 0.3 is 5.97 Å². The highest BCUT2D eigenvalue weighted by Crippen LogP contribution is 2.25. The highest BCUT2D eigenvalue weighted by atomic mass is 32.2. The molecule has 188 valence electrons. The second-order valence-corrected chi connectivity index (χ2v) is 10.0. The first kappa shape index (κ1) is 28.0. The number of nitrogens with one attached hydrogen (secondary N) is 2. The summed E-state index contributed by atoms with van der Waals surface area (Å²) in [5, 5.41) is 14.9. The summed E-state index contributed by atoms with van der Waals surface area (Å²) in [6.07, 6.45) is 2.38. The van der Waals surface area contributed by atoms with Gasteiger partial charge in [0.2, 0.25) is 17.7 Å². The van der Waals surface area contributed by atoms with E-state index in [1.165, 1.54) is 16.7 Å². The predicted octanol–water partition coefficient (Wildman–Crippen LogP) is 0.660. The lowest BCUT2D eigenvalue weighted by atomic mass is 9.91. The number of nitrogens with two attached hydrogens (primary N) is 1. The number of hydrogen-bond acceptors (Lipinski definition) is 7. The quantitative estimate of drug-likeness (QED) is 0.275. The van der Waals surface area contributed by atoms with E-state index in [0.717, 1.165) is 11.1 Å². The number of aliphatic carboxylic acids is 1. The van der Waals surface area contributed by atoms with E-state index in [4.69, 9.17) is 5.73 Å². The van der Waals surface area contributed by atoms with Gasteiger partial charge in [-0.3, -0.25) is 14.4 Å². The fourth-order valence-electron chi connectivity index (χ4n) is 3.79. The van der Waals surface area contributed by atoms with Crippen molar-refractivity contribution in [2.45, 2.75) is 57.4 Å². The molecule has 5 N–H and O–H groups in total. The van der Waals surface area contributed by atoms with Crippen molar-refractivity contribution in [3.63, 3.8) is 0 Å². The molecule has 34 heavy (non-hydrogen) atoms. The van der Waals surface area contributed by atoms with E-state index >= 15 is 0 Å². The van der Waals surface area contributed by atoms with E-state index in [1.54, 1.807) is 13.8 Å². The molecule has 1 heterocycles. The van der Waals surface area contributed by atoms with Gasteiger partial charge in [0.15, 0.2) is 0 Å². The van der Waals surface area contributed by atoms with Gasteiger partial charge in [-0.1, -0.05) is 38.1 Å². The summed E-state index contributed by atoms with van der Waals surface area (Å²) in [4.78, 5) is 52.5. The van der Waals surface area contributed by atoms with Gasteiger partial charge in [0.1, 0.15) is 18.1 Å². The highest BCUT2D eigenvalue weighted by Gasteiger charge is 2.40. The number of carboxylic acid groups (broad SMARTS) is 1. The van der Waals surface area contributed by atoms with Crippen LogP contribution in [-0.4, -0.2) is 75.6 Å². The monoisotopic (exact) mass is 510 g/mol. The molecule has 0 saturated heterocycles. The Morgan fingerprint density at radius 1 is 1.21 bits per heavy atom. The average Bonchev–Trinajstić information content (AvgIpc) is 2.82. The van der Waals surface area contributed by atoms with Crippen LogP contribution in [0.1, 0.15) is 31.4 Å². The van der Waals surface area contributed by atoms with Crippen molar-refractivity contribution in [3.8, 4) is 0 Å². The zero-order valence-electron chi connectivity index (χ0n) is 19.7. The standard InChI is InChI=1S/C23H34N4O5S2/c1-13(2)19(26-20(28)16(24)12-33)22(30)27-11-15-7-5-4-6-14(15)10-18(27)21(29)25-17(23(31)32)8-9-34-3/h4-7,13,16-19,33H,8-12,24H2,1-3H3,(H,25,29)(H,26,28)(H,31,32)/t16-,17-,18+,19-/m0/s1. The molecule has 1 aromatic rings. The number of carboxylic acids is 1. The van der Waals surface area contributed by atoms with Crippen LogP contribution >= 0.6 is 24.4 Å². The Morgan fingerprint density at radius 2 is 1.85 bits per heavy atom. The van der Waals surface area contributed by atoms with Crippen molar-refractivity contribution in [3.05, 3.63) is 35.4 Å². The number of nitrogens with zero attached hydrogens (tertiary/aromatic N) is 1. The lowest BCUT2D eigenvalue weighted by Gasteiger charge is -2.39. The summed E-state index contributed by atoms with van der Waals surface area (Å²) in [6.45, 7) is 3.77. The molecule has 0 saturated carbocycles. The molecular weight excluding hydrogens is 476 g/mol. The maximum Gasteiger partial charge on any atom is 0.326 e. The van der Waals surface area contributed by atoms with Crippen molar-refractivity contribution in [1.29, 1.82) is 0 Å². The lowest BCUT2D eigenvalue weighted by molar-refractivity contribution is -0.147. The Labute approximate surface area is 210 Å². The first-order chi connectivity index (χ1) is 16.1. The smallest absolute Gasteiger partial charge is 0.326 e. The van der Waals surface area contributed by atoms with E-state index in [1.807, 2.05) is 30.5 Å². The minimum absolute atomic E-state index is 0.125. The number of thioether (sulfide) groups is 1. The van der Waals surface area contributed by atoms with Crippen LogP contribution in [0.5, 0.6) is 0 Å². The number of rotatable bonds is 11. The van der Waals surface area contributed by atoms with E-state index in [0.29, 0.717) is 5.75 Å². The summed E-state index contributed by atoms with van der Waals surface area (Å²) in [5.74, 6) is -2.14. The molecule has 0 bridgehead atoms. The summed E-state index contributed by atoms with van der Waals surface area (Å²) < 4.78 is 0. The number of amides is 3. The lowest BCUT2D eigenvalue weighted by Crippen LogP contribution is -2.61. The third kappa shape index (κ3) is 7.13. The summed E-state index contributed by atoms with van der Waals surface area (Å²) >= 11 is 5.53. The Morgan fingerprint density at radius 3 is 2.41 bits per heavy atom. The van der Waals surface area contributed by atoms with Gasteiger partial charge in [-0.05, 0) is 35.5 Å².